The van der Waals surface area contributed by atoms with Gasteiger partial charge in [0.2, 0.25) is 0 Å². The molecule has 1 aliphatic rings. The van der Waals surface area contributed by atoms with Gasteiger partial charge >= 0.3 is 12.1 Å². The summed E-state index contributed by atoms with van der Waals surface area (Å²) in [5.74, 6) is -2.63. The lowest BCUT2D eigenvalue weighted by Gasteiger charge is -2.31. The van der Waals surface area contributed by atoms with Crippen LogP contribution in [0, 0.1) is 17.6 Å². The number of nitrogens with zero attached hydrogens (tertiary/aromatic N) is 1. The van der Waals surface area contributed by atoms with Gasteiger partial charge in [-0.1, -0.05) is 0 Å². The van der Waals surface area contributed by atoms with Gasteiger partial charge in [0.15, 0.2) is 0 Å². The molecule has 0 amide bonds. The van der Waals surface area contributed by atoms with Crippen molar-refractivity contribution in [2.45, 2.75) is 25.1 Å². The quantitative estimate of drug-likeness (QED) is 0.705. The summed E-state index contributed by atoms with van der Waals surface area (Å²) in [4.78, 5) is 11.9. The summed E-state index contributed by atoms with van der Waals surface area (Å²) in [6.07, 6.45) is -2.66. The van der Waals surface area contributed by atoms with E-state index < -0.39 is 42.1 Å². The maximum Gasteiger partial charge on any atom is 0.405 e. The van der Waals surface area contributed by atoms with Crippen molar-refractivity contribution in [2.24, 2.45) is 5.92 Å². The number of anilines is 1. The lowest BCUT2D eigenvalue weighted by atomic mass is 10.2. The maximum atomic E-state index is 13.9. The number of aliphatic carboxylic acids is 1. The Bertz CT molecular complexity index is 592. The topological polar surface area (TPSA) is 40.5 Å². The van der Waals surface area contributed by atoms with Crippen molar-refractivity contribution in [2.75, 3.05) is 23.0 Å². The second-order valence-corrected chi connectivity index (χ2v) is 6.75. The zero-order valence-electron chi connectivity index (χ0n) is 12.5. The molecule has 1 N–H and O–H groups in total. The molecule has 0 saturated heterocycles. The highest BCUT2D eigenvalue weighted by molar-refractivity contribution is 7.99. The van der Waals surface area contributed by atoms with E-state index in [4.69, 9.17) is 0 Å². The van der Waals surface area contributed by atoms with Crippen molar-refractivity contribution in [1.29, 1.82) is 0 Å². The van der Waals surface area contributed by atoms with Gasteiger partial charge in [0.25, 0.3) is 0 Å². The first-order valence-corrected chi connectivity index (χ1v) is 8.42. The Balaban J connectivity index is 2.24. The van der Waals surface area contributed by atoms with E-state index in [1.54, 1.807) is 0 Å². The van der Waals surface area contributed by atoms with Crippen LogP contribution < -0.4 is 4.90 Å². The third-order valence-corrected chi connectivity index (χ3v) is 4.81. The molecule has 0 radical (unpaired) electrons. The first-order valence-electron chi connectivity index (χ1n) is 7.26. The molecule has 24 heavy (non-hydrogen) atoms. The fourth-order valence-electron chi connectivity index (χ4n) is 2.20. The van der Waals surface area contributed by atoms with E-state index in [0.29, 0.717) is 22.6 Å². The van der Waals surface area contributed by atoms with Crippen LogP contribution in [-0.4, -0.2) is 41.3 Å². The van der Waals surface area contributed by atoms with Gasteiger partial charge in [0.05, 0.1) is 5.69 Å². The van der Waals surface area contributed by atoms with Crippen LogP contribution in [0.15, 0.2) is 18.2 Å². The maximum absolute atomic E-state index is 13.9. The van der Waals surface area contributed by atoms with Crippen molar-refractivity contribution in [3.8, 4) is 0 Å². The summed E-state index contributed by atoms with van der Waals surface area (Å²) in [7, 11) is 0. The molecule has 1 aromatic rings. The number of halogens is 5. The number of carboxylic acid groups (broad SMARTS) is 1. The minimum Gasteiger partial charge on any atom is -0.480 e. The monoisotopic (exact) mass is 369 g/mol. The molecule has 3 nitrogen and oxygen atoms in total. The van der Waals surface area contributed by atoms with E-state index in [-0.39, 0.29) is 5.75 Å². The Hall–Kier alpha value is -1.51. The highest BCUT2D eigenvalue weighted by Crippen LogP contribution is 2.34. The zero-order chi connectivity index (χ0) is 17.9. The first kappa shape index (κ1) is 18.8. The summed E-state index contributed by atoms with van der Waals surface area (Å²) in [5, 5.41) is 9.31. The predicted octanol–water partition coefficient (Wildman–Crippen LogP) is 3.93. The lowest BCUT2D eigenvalue weighted by Crippen LogP contribution is -2.48. The molecule has 0 unspecified atom stereocenters. The number of thioether (sulfide) groups is 1. The van der Waals surface area contributed by atoms with Crippen molar-refractivity contribution >= 4 is 23.4 Å². The van der Waals surface area contributed by atoms with Gasteiger partial charge in [-0.15, -0.1) is 0 Å². The Labute approximate surface area is 139 Å². The molecule has 9 heteroatoms. The average molecular weight is 369 g/mol. The molecule has 2 rings (SSSR count). The van der Waals surface area contributed by atoms with Crippen molar-refractivity contribution in [3.05, 3.63) is 29.8 Å². The summed E-state index contributed by atoms with van der Waals surface area (Å²) in [6, 6.07) is 0.514. The minimum absolute atomic E-state index is 0.112. The number of benzene rings is 1. The van der Waals surface area contributed by atoms with Crippen LogP contribution >= 0.6 is 11.8 Å². The molecule has 1 aliphatic carbocycles. The molecular weight excluding hydrogens is 353 g/mol. The average Bonchev–Trinajstić information content (AvgIpc) is 3.24. The number of hydrogen-bond acceptors (Lipinski definition) is 3. The van der Waals surface area contributed by atoms with Crippen LogP contribution in [-0.2, 0) is 4.79 Å². The standard InChI is InChI=1S/C15H16F5NO2S/c16-10-3-4-12(11(17)5-10)21(8-15(18,19)20)13(14(22)23)7-24-6-9-1-2-9/h3-5,9,13H,1-2,6-8H2,(H,22,23)/t13-/m0/s1. The highest BCUT2D eigenvalue weighted by Gasteiger charge is 2.38. The fraction of sp³-hybridized carbons (Fsp3) is 0.533. The van der Waals surface area contributed by atoms with E-state index >= 15 is 0 Å². The molecule has 1 fully saturated rings. The van der Waals surface area contributed by atoms with E-state index in [1.165, 1.54) is 11.8 Å². The predicted molar refractivity (Wildman–Crippen MR) is 81.2 cm³/mol. The number of rotatable bonds is 8. The number of alkyl halides is 3. The Morgan fingerprint density at radius 2 is 2.00 bits per heavy atom. The molecule has 134 valence electrons. The molecule has 0 aromatic heterocycles. The second-order valence-electron chi connectivity index (χ2n) is 5.67. The third kappa shape index (κ3) is 5.54. The Kier molecular flexibility index (Phi) is 5.95. The van der Waals surface area contributed by atoms with Crippen molar-refractivity contribution in [1.82, 2.24) is 0 Å². The second kappa shape index (κ2) is 7.58. The van der Waals surface area contributed by atoms with Crippen LogP contribution in [0.25, 0.3) is 0 Å². The normalized spacial score (nSPS) is 16.0. The van der Waals surface area contributed by atoms with Crippen LogP contribution in [0.4, 0.5) is 27.6 Å². The summed E-state index contributed by atoms with van der Waals surface area (Å²) < 4.78 is 65.5. The molecule has 1 saturated carbocycles. The molecule has 0 spiro atoms. The van der Waals surface area contributed by atoms with Crippen molar-refractivity contribution < 1.29 is 31.9 Å². The van der Waals surface area contributed by atoms with E-state index in [9.17, 15) is 31.9 Å². The third-order valence-electron chi connectivity index (χ3n) is 3.56. The lowest BCUT2D eigenvalue weighted by molar-refractivity contribution is -0.140. The van der Waals surface area contributed by atoms with Crippen LogP contribution in [0.5, 0.6) is 0 Å². The molecule has 1 atom stereocenters. The molecule has 0 bridgehead atoms. The SMILES string of the molecule is O=C(O)[C@H](CSCC1CC1)N(CC(F)(F)F)c1ccc(F)cc1F. The number of hydrogen-bond donors (Lipinski definition) is 1. The number of carbonyl (C=O) groups is 1. The van der Waals surface area contributed by atoms with E-state index in [2.05, 4.69) is 0 Å². The molecule has 0 aliphatic heterocycles. The molecule has 1 aromatic carbocycles. The van der Waals surface area contributed by atoms with Crippen LogP contribution in [0.1, 0.15) is 12.8 Å². The smallest absolute Gasteiger partial charge is 0.405 e. The first-order chi connectivity index (χ1) is 11.2. The van der Waals surface area contributed by atoms with Gasteiger partial charge in [-0.05, 0) is 36.6 Å². The summed E-state index contributed by atoms with van der Waals surface area (Å²) in [6.45, 7) is -1.63. The Morgan fingerprint density at radius 3 is 2.50 bits per heavy atom. The highest BCUT2D eigenvalue weighted by atomic mass is 32.2. The van der Waals surface area contributed by atoms with Gasteiger partial charge in [0.1, 0.15) is 24.2 Å². The zero-order valence-corrected chi connectivity index (χ0v) is 13.3. The van der Waals surface area contributed by atoms with Gasteiger partial charge < -0.3 is 10.0 Å². The van der Waals surface area contributed by atoms with Crippen LogP contribution in [0.3, 0.4) is 0 Å². The molecule has 0 heterocycles. The van der Waals surface area contributed by atoms with Gasteiger partial charge in [-0.3, -0.25) is 0 Å². The Morgan fingerprint density at radius 1 is 1.33 bits per heavy atom. The minimum atomic E-state index is -4.73. The van der Waals surface area contributed by atoms with Gasteiger partial charge in [-0.2, -0.15) is 24.9 Å². The summed E-state index contributed by atoms with van der Waals surface area (Å²) in [5.41, 5.74) is -0.576. The fourth-order valence-corrected chi connectivity index (χ4v) is 3.54. The van der Waals surface area contributed by atoms with E-state index in [1.807, 2.05) is 0 Å². The molecular formula is C15H16F5NO2S. The van der Waals surface area contributed by atoms with E-state index in [0.717, 1.165) is 25.0 Å². The van der Waals surface area contributed by atoms with Gasteiger partial charge in [-0.25, -0.2) is 13.6 Å². The largest absolute Gasteiger partial charge is 0.480 e. The van der Waals surface area contributed by atoms with Crippen molar-refractivity contribution in [3.63, 3.8) is 0 Å². The van der Waals surface area contributed by atoms with Gasteiger partial charge in [0, 0.05) is 11.8 Å². The van der Waals surface area contributed by atoms with Crippen LogP contribution in [0.2, 0.25) is 0 Å². The number of carboxylic acids is 1. The summed E-state index contributed by atoms with van der Waals surface area (Å²) >= 11 is 1.23.